The van der Waals surface area contributed by atoms with Crippen molar-refractivity contribution in [2.24, 2.45) is 5.92 Å². The highest BCUT2D eigenvalue weighted by molar-refractivity contribution is 5.94. The summed E-state index contributed by atoms with van der Waals surface area (Å²) in [5.41, 5.74) is -0.0999. The zero-order valence-electron chi connectivity index (χ0n) is 12.3. The Morgan fingerprint density at radius 3 is 2.43 bits per heavy atom. The largest absolute Gasteiger partial charge is 0.479 e. The molecule has 1 rings (SSSR count). The monoisotopic (exact) mass is 298 g/mol. The predicted octanol–water partition coefficient (Wildman–Crippen LogP) is 2.07. The number of rotatable bonds is 7. The minimum atomic E-state index is -1.26. The summed E-state index contributed by atoms with van der Waals surface area (Å²) in [5, 5.41) is 8.39. The van der Waals surface area contributed by atoms with E-state index in [-0.39, 0.29) is 18.1 Å². The molecule has 0 aromatic rings. The standard InChI is InChI=1S/C15H22O6/c1-10(15(19)20-9-13(16)17)8-14(18)21-11(2)12-6-4-3-5-7-12/h11-12H,1,3-9H2,2H3,(H,16,17)/t11-/m0/s1. The number of carboxylic acids is 1. The molecule has 0 saturated heterocycles. The maximum atomic E-state index is 11.7. The molecule has 0 aliphatic heterocycles. The third-order valence-corrected chi connectivity index (χ3v) is 3.60. The fourth-order valence-corrected chi connectivity index (χ4v) is 2.42. The van der Waals surface area contributed by atoms with Gasteiger partial charge in [-0.05, 0) is 25.7 Å². The van der Waals surface area contributed by atoms with E-state index in [9.17, 15) is 14.4 Å². The highest BCUT2D eigenvalue weighted by atomic mass is 16.6. The Morgan fingerprint density at radius 1 is 1.24 bits per heavy atom. The van der Waals surface area contributed by atoms with Crippen molar-refractivity contribution in [2.45, 2.75) is 51.6 Å². The van der Waals surface area contributed by atoms with Gasteiger partial charge in [0.05, 0.1) is 6.42 Å². The van der Waals surface area contributed by atoms with E-state index in [1.54, 1.807) is 0 Å². The van der Waals surface area contributed by atoms with Crippen molar-refractivity contribution in [3.8, 4) is 0 Å². The molecule has 0 spiro atoms. The first-order valence-electron chi connectivity index (χ1n) is 7.16. The van der Waals surface area contributed by atoms with E-state index in [1.165, 1.54) is 6.42 Å². The third-order valence-electron chi connectivity index (χ3n) is 3.60. The highest BCUT2D eigenvalue weighted by Crippen LogP contribution is 2.28. The van der Waals surface area contributed by atoms with Crippen molar-refractivity contribution < 1.29 is 29.0 Å². The lowest BCUT2D eigenvalue weighted by Gasteiger charge is -2.27. The number of aliphatic carboxylic acids is 1. The number of carbonyl (C=O) groups is 3. The van der Waals surface area contributed by atoms with Gasteiger partial charge in [0, 0.05) is 5.57 Å². The molecular weight excluding hydrogens is 276 g/mol. The number of carbonyl (C=O) groups excluding carboxylic acids is 2. The molecule has 1 saturated carbocycles. The Morgan fingerprint density at radius 2 is 1.86 bits per heavy atom. The second kappa shape index (κ2) is 8.44. The molecule has 0 amide bonds. The van der Waals surface area contributed by atoms with Gasteiger partial charge in [0.1, 0.15) is 6.10 Å². The molecular formula is C15H22O6. The van der Waals surface area contributed by atoms with Gasteiger partial charge in [-0.3, -0.25) is 4.79 Å². The van der Waals surface area contributed by atoms with Gasteiger partial charge in [-0.2, -0.15) is 0 Å². The van der Waals surface area contributed by atoms with Crippen LogP contribution in [-0.4, -0.2) is 35.7 Å². The molecule has 1 aliphatic rings. The van der Waals surface area contributed by atoms with E-state index >= 15 is 0 Å². The van der Waals surface area contributed by atoms with Gasteiger partial charge in [0.25, 0.3) is 0 Å². The van der Waals surface area contributed by atoms with Crippen LogP contribution in [0.5, 0.6) is 0 Å². The fraction of sp³-hybridized carbons (Fsp3) is 0.667. The van der Waals surface area contributed by atoms with E-state index in [2.05, 4.69) is 11.3 Å². The molecule has 0 radical (unpaired) electrons. The fourth-order valence-electron chi connectivity index (χ4n) is 2.42. The Balaban J connectivity index is 2.33. The summed E-state index contributed by atoms with van der Waals surface area (Å²) >= 11 is 0. The Kier molecular flexibility index (Phi) is 6.91. The summed E-state index contributed by atoms with van der Waals surface area (Å²) < 4.78 is 9.75. The topological polar surface area (TPSA) is 89.9 Å². The SMILES string of the molecule is C=C(CC(=O)O[C@@H](C)C1CCCCC1)C(=O)OCC(=O)O. The van der Waals surface area contributed by atoms with Crippen molar-refractivity contribution in [3.05, 3.63) is 12.2 Å². The number of ether oxygens (including phenoxy) is 2. The van der Waals surface area contributed by atoms with Gasteiger partial charge in [0.15, 0.2) is 6.61 Å². The molecule has 1 atom stereocenters. The van der Waals surface area contributed by atoms with Crippen LogP contribution < -0.4 is 0 Å². The quantitative estimate of drug-likeness (QED) is 0.571. The summed E-state index contributed by atoms with van der Waals surface area (Å²) in [6.45, 7) is 4.54. The number of hydrogen-bond donors (Lipinski definition) is 1. The van der Waals surface area contributed by atoms with E-state index in [0.29, 0.717) is 5.92 Å². The van der Waals surface area contributed by atoms with Crippen LogP contribution in [0.15, 0.2) is 12.2 Å². The van der Waals surface area contributed by atoms with Crippen LogP contribution in [0.1, 0.15) is 45.4 Å². The predicted molar refractivity (Wildman–Crippen MR) is 74.5 cm³/mol. The Hall–Kier alpha value is -1.85. The first kappa shape index (κ1) is 17.2. The van der Waals surface area contributed by atoms with E-state index in [1.807, 2.05) is 6.92 Å². The molecule has 0 heterocycles. The molecule has 6 nitrogen and oxygen atoms in total. The van der Waals surface area contributed by atoms with Crippen molar-refractivity contribution in [1.29, 1.82) is 0 Å². The molecule has 0 aromatic carbocycles. The van der Waals surface area contributed by atoms with Crippen LogP contribution in [0, 0.1) is 5.92 Å². The van der Waals surface area contributed by atoms with Gasteiger partial charge < -0.3 is 14.6 Å². The molecule has 0 unspecified atom stereocenters. The maximum absolute atomic E-state index is 11.7. The minimum absolute atomic E-state index is 0.0999. The lowest BCUT2D eigenvalue weighted by Crippen LogP contribution is -2.26. The summed E-state index contributed by atoms with van der Waals surface area (Å²) in [5.74, 6) is -2.32. The molecule has 6 heteroatoms. The van der Waals surface area contributed by atoms with E-state index in [0.717, 1.165) is 25.7 Å². The molecule has 0 aromatic heterocycles. The summed E-state index contributed by atoms with van der Waals surface area (Å²) in [7, 11) is 0. The zero-order valence-corrected chi connectivity index (χ0v) is 12.3. The first-order chi connectivity index (χ1) is 9.90. The lowest BCUT2D eigenvalue weighted by atomic mass is 9.86. The molecule has 1 N–H and O–H groups in total. The normalized spacial score (nSPS) is 16.8. The summed E-state index contributed by atoms with van der Waals surface area (Å²) in [6.07, 6.45) is 5.17. The van der Waals surface area contributed by atoms with Crippen molar-refractivity contribution in [3.63, 3.8) is 0 Å². The second-order valence-electron chi connectivity index (χ2n) is 5.34. The lowest BCUT2D eigenvalue weighted by molar-refractivity contribution is -0.154. The van der Waals surface area contributed by atoms with Crippen LogP contribution in [0.4, 0.5) is 0 Å². The van der Waals surface area contributed by atoms with Gasteiger partial charge in [-0.1, -0.05) is 25.8 Å². The molecule has 1 fully saturated rings. The third kappa shape index (κ3) is 6.42. The van der Waals surface area contributed by atoms with Crippen LogP contribution in [-0.2, 0) is 23.9 Å². The van der Waals surface area contributed by atoms with Gasteiger partial charge in [-0.25, -0.2) is 9.59 Å². The average Bonchev–Trinajstić information content (AvgIpc) is 2.45. The molecule has 118 valence electrons. The molecule has 21 heavy (non-hydrogen) atoms. The van der Waals surface area contributed by atoms with Crippen molar-refractivity contribution in [2.75, 3.05) is 6.61 Å². The first-order valence-corrected chi connectivity index (χ1v) is 7.16. The van der Waals surface area contributed by atoms with Crippen LogP contribution in [0.3, 0.4) is 0 Å². The number of carboxylic acid groups (broad SMARTS) is 1. The maximum Gasteiger partial charge on any atom is 0.341 e. The van der Waals surface area contributed by atoms with E-state index in [4.69, 9.17) is 9.84 Å². The van der Waals surface area contributed by atoms with Gasteiger partial charge in [-0.15, -0.1) is 0 Å². The number of esters is 2. The van der Waals surface area contributed by atoms with Crippen LogP contribution >= 0.6 is 0 Å². The zero-order chi connectivity index (χ0) is 15.8. The van der Waals surface area contributed by atoms with Crippen LogP contribution in [0.2, 0.25) is 0 Å². The minimum Gasteiger partial charge on any atom is -0.479 e. The Bertz CT molecular complexity index is 408. The smallest absolute Gasteiger partial charge is 0.341 e. The van der Waals surface area contributed by atoms with Gasteiger partial charge in [0.2, 0.25) is 0 Å². The average molecular weight is 298 g/mol. The molecule has 0 bridgehead atoms. The van der Waals surface area contributed by atoms with Gasteiger partial charge >= 0.3 is 17.9 Å². The van der Waals surface area contributed by atoms with Crippen LogP contribution in [0.25, 0.3) is 0 Å². The summed E-state index contributed by atoms with van der Waals surface area (Å²) in [6, 6.07) is 0. The second-order valence-corrected chi connectivity index (χ2v) is 5.34. The molecule has 1 aliphatic carbocycles. The van der Waals surface area contributed by atoms with Crippen molar-refractivity contribution >= 4 is 17.9 Å². The van der Waals surface area contributed by atoms with Crippen molar-refractivity contribution in [1.82, 2.24) is 0 Å². The number of hydrogen-bond acceptors (Lipinski definition) is 5. The highest BCUT2D eigenvalue weighted by Gasteiger charge is 2.24. The van der Waals surface area contributed by atoms with E-state index < -0.39 is 24.5 Å². The Labute approximate surface area is 124 Å². The summed E-state index contributed by atoms with van der Waals surface area (Å²) in [4.78, 5) is 33.4.